The fraction of sp³-hybridized carbons (Fsp3) is 0.417. The third-order valence-corrected chi connectivity index (χ3v) is 2.89. The van der Waals surface area contributed by atoms with Crippen LogP contribution in [0.15, 0.2) is 24.3 Å². The number of carbonyl (C=O) groups is 1. The van der Waals surface area contributed by atoms with Gasteiger partial charge in [-0.2, -0.15) is 0 Å². The minimum Gasteiger partial charge on any atom is -0.508 e. The molecule has 0 aromatic heterocycles. The number of hydrogen-bond donors (Lipinski definition) is 2. The van der Waals surface area contributed by atoms with Crippen molar-refractivity contribution in [3.05, 3.63) is 24.3 Å². The highest BCUT2D eigenvalue weighted by atomic mass is 16.3. The molecule has 0 aliphatic carbocycles. The molecule has 2 amide bonds. The van der Waals surface area contributed by atoms with Crippen LogP contribution in [-0.2, 0) is 0 Å². The Bertz CT molecular complexity index is 400. The average molecular weight is 235 g/mol. The van der Waals surface area contributed by atoms with Crippen molar-refractivity contribution in [2.75, 3.05) is 38.5 Å². The number of aromatic hydroxyl groups is 1. The number of anilines is 1. The number of piperazine rings is 1. The molecule has 0 bridgehead atoms. The fourth-order valence-corrected chi connectivity index (χ4v) is 1.80. The summed E-state index contributed by atoms with van der Waals surface area (Å²) >= 11 is 0. The summed E-state index contributed by atoms with van der Waals surface area (Å²) in [6, 6.07) is 6.46. The molecule has 0 spiro atoms. The summed E-state index contributed by atoms with van der Waals surface area (Å²) in [6.45, 7) is 3.27. The molecule has 0 saturated carbocycles. The molecule has 5 heteroatoms. The number of nitrogens with one attached hydrogen (secondary N) is 1. The van der Waals surface area contributed by atoms with Crippen LogP contribution in [0.25, 0.3) is 0 Å². The van der Waals surface area contributed by atoms with E-state index >= 15 is 0 Å². The Morgan fingerprint density at radius 3 is 2.65 bits per heavy atom. The standard InChI is InChI=1S/C12H17N3O2/c1-14-5-7-15(8-6-14)12(17)13-10-3-2-4-11(16)9-10/h2-4,9,16H,5-8H2,1H3,(H,13,17). The zero-order valence-corrected chi connectivity index (χ0v) is 9.89. The number of urea groups is 1. The van der Waals surface area contributed by atoms with Crippen molar-refractivity contribution in [3.8, 4) is 5.75 Å². The highest BCUT2D eigenvalue weighted by molar-refractivity contribution is 5.89. The molecule has 0 radical (unpaired) electrons. The van der Waals surface area contributed by atoms with Gasteiger partial charge in [0, 0.05) is 37.9 Å². The van der Waals surface area contributed by atoms with Gasteiger partial charge in [-0.1, -0.05) is 6.07 Å². The topological polar surface area (TPSA) is 55.8 Å². The summed E-state index contributed by atoms with van der Waals surface area (Å²) in [4.78, 5) is 15.9. The molecule has 1 aliphatic rings. The number of hydrogen-bond acceptors (Lipinski definition) is 3. The summed E-state index contributed by atoms with van der Waals surface area (Å²) in [6.07, 6.45) is 0. The number of phenols is 1. The van der Waals surface area contributed by atoms with Crippen molar-refractivity contribution in [3.63, 3.8) is 0 Å². The van der Waals surface area contributed by atoms with Crippen molar-refractivity contribution in [2.24, 2.45) is 0 Å². The first-order chi connectivity index (χ1) is 8.15. The van der Waals surface area contributed by atoms with Gasteiger partial charge in [0.05, 0.1) is 0 Å². The monoisotopic (exact) mass is 235 g/mol. The van der Waals surface area contributed by atoms with E-state index in [1.807, 2.05) is 7.05 Å². The van der Waals surface area contributed by atoms with Crippen LogP contribution in [0.5, 0.6) is 5.75 Å². The van der Waals surface area contributed by atoms with Crippen molar-refractivity contribution < 1.29 is 9.90 Å². The molecule has 1 fully saturated rings. The molecular formula is C12H17N3O2. The minimum absolute atomic E-state index is 0.108. The fourth-order valence-electron chi connectivity index (χ4n) is 1.80. The molecule has 2 rings (SSSR count). The van der Waals surface area contributed by atoms with Gasteiger partial charge >= 0.3 is 6.03 Å². The number of benzene rings is 1. The lowest BCUT2D eigenvalue weighted by Gasteiger charge is -2.32. The number of amides is 2. The predicted octanol–water partition coefficient (Wildman–Crippen LogP) is 1.17. The lowest BCUT2D eigenvalue weighted by molar-refractivity contribution is 0.164. The van der Waals surface area contributed by atoms with Crippen LogP contribution in [-0.4, -0.2) is 54.2 Å². The quantitative estimate of drug-likeness (QED) is 0.768. The molecule has 2 N–H and O–H groups in total. The maximum absolute atomic E-state index is 11.9. The maximum Gasteiger partial charge on any atom is 0.321 e. The van der Waals surface area contributed by atoms with Gasteiger partial charge in [0.25, 0.3) is 0 Å². The maximum atomic E-state index is 11.9. The SMILES string of the molecule is CN1CCN(C(=O)Nc2cccc(O)c2)CC1. The Labute approximate surface area is 101 Å². The lowest BCUT2D eigenvalue weighted by atomic mass is 10.3. The van der Waals surface area contributed by atoms with Gasteiger partial charge in [-0.3, -0.25) is 0 Å². The van der Waals surface area contributed by atoms with E-state index in [0.29, 0.717) is 5.69 Å². The van der Waals surface area contributed by atoms with Crippen LogP contribution >= 0.6 is 0 Å². The molecule has 1 aromatic carbocycles. The van der Waals surface area contributed by atoms with Gasteiger partial charge in [-0.05, 0) is 19.2 Å². The first kappa shape index (κ1) is 11.7. The molecule has 1 heterocycles. The largest absolute Gasteiger partial charge is 0.508 e. The molecular weight excluding hydrogens is 218 g/mol. The summed E-state index contributed by atoms with van der Waals surface area (Å²) in [5, 5.41) is 12.1. The normalized spacial score (nSPS) is 16.9. The third-order valence-electron chi connectivity index (χ3n) is 2.89. The molecule has 1 aliphatic heterocycles. The van der Waals surface area contributed by atoms with Crippen molar-refractivity contribution in [2.45, 2.75) is 0 Å². The number of phenolic OH excluding ortho intramolecular Hbond substituents is 1. The summed E-state index contributed by atoms with van der Waals surface area (Å²) in [7, 11) is 2.05. The Morgan fingerprint density at radius 2 is 2.00 bits per heavy atom. The molecule has 17 heavy (non-hydrogen) atoms. The molecule has 0 unspecified atom stereocenters. The Balaban J connectivity index is 1.93. The first-order valence-electron chi connectivity index (χ1n) is 5.68. The summed E-state index contributed by atoms with van der Waals surface area (Å²) in [5.74, 6) is 0.154. The second-order valence-electron chi connectivity index (χ2n) is 4.27. The minimum atomic E-state index is -0.108. The van der Waals surface area contributed by atoms with E-state index in [4.69, 9.17) is 0 Å². The van der Waals surface area contributed by atoms with E-state index in [1.165, 1.54) is 6.07 Å². The highest BCUT2D eigenvalue weighted by Gasteiger charge is 2.18. The van der Waals surface area contributed by atoms with Crippen LogP contribution in [0, 0.1) is 0 Å². The van der Waals surface area contributed by atoms with E-state index in [0.717, 1.165) is 26.2 Å². The molecule has 1 aromatic rings. The van der Waals surface area contributed by atoms with Crippen LogP contribution in [0.4, 0.5) is 10.5 Å². The Kier molecular flexibility index (Phi) is 3.49. The van der Waals surface area contributed by atoms with Gasteiger partial charge < -0.3 is 20.2 Å². The van der Waals surface area contributed by atoms with Crippen LogP contribution < -0.4 is 5.32 Å². The van der Waals surface area contributed by atoms with Crippen LogP contribution in [0.2, 0.25) is 0 Å². The Morgan fingerprint density at radius 1 is 1.29 bits per heavy atom. The van der Waals surface area contributed by atoms with Crippen molar-refractivity contribution in [1.82, 2.24) is 9.80 Å². The average Bonchev–Trinajstić information content (AvgIpc) is 2.29. The molecule has 5 nitrogen and oxygen atoms in total. The van der Waals surface area contributed by atoms with E-state index in [-0.39, 0.29) is 11.8 Å². The van der Waals surface area contributed by atoms with Crippen LogP contribution in [0.1, 0.15) is 0 Å². The van der Waals surface area contributed by atoms with Crippen molar-refractivity contribution in [1.29, 1.82) is 0 Å². The van der Waals surface area contributed by atoms with E-state index < -0.39 is 0 Å². The first-order valence-corrected chi connectivity index (χ1v) is 5.68. The summed E-state index contributed by atoms with van der Waals surface area (Å²) < 4.78 is 0. The van der Waals surface area contributed by atoms with Gasteiger partial charge in [0.2, 0.25) is 0 Å². The number of nitrogens with zero attached hydrogens (tertiary/aromatic N) is 2. The third kappa shape index (κ3) is 3.10. The van der Waals surface area contributed by atoms with E-state index in [9.17, 15) is 9.90 Å². The van der Waals surface area contributed by atoms with Gasteiger partial charge in [-0.15, -0.1) is 0 Å². The van der Waals surface area contributed by atoms with Gasteiger partial charge in [0.15, 0.2) is 0 Å². The van der Waals surface area contributed by atoms with Crippen molar-refractivity contribution >= 4 is 11.7 Å². The second-order valence-corrected chi connectivity index (χ2v) is 4.27. The van der Waals surface area contributed by atoms with Crippen LogP contribution in [0.3, 0.4) is 0 Å². The number of rotatable bonds is 1. The number of likely N-dealkylation sites (N-methyl/N-ethyl adjacent to an activating group) is 1. The molecule has 1 saturated heterocycles. The van der Waals surface area contributed by atoms with Gasteiger partial charge in [-0.25, -0.2) is 4.79 Å². The molecule has 92 valence electrons. The summed E-state index contributed by atoms with van der Waals surface area (Å²) in [5.41, 5.74) is 0.619. The second kappa shape index (κ2) is 5.05. The zero-order valence-electron chi connectivity index (χ0n) is 9.89. The predicted molar refractivity (Wildman–Crippen MR) is 66.2 cm³/mol. The van der Waals surface area contributed by atoms with Gasteiger partial charge in [0.1, 0.15) is 5.75 Å². The van der Waals surface area contributed by atoms with E-state index in [1.54, 1.807) is 23.1 Å². The van der Waals surface area contributed by atoms with E-state index in [2.05, 4.69) is 10.2 Å². The highest BCUT2D eigenvalue weighted by Crippen LogP contribution is 2.16. The Hall–Kier alpha value is -1.75. The molecule has 0 atom stereocenters. The zero-order chi connectivity index (χ0) is 12.3. The lowest BCUT2D eigenvalue weighted by Crippen LogP contribution is -2.48. The smallest absolute Gasteiger partial charge is 0.321 e. The number of carbonyl (C=O) groups excluding carboxylic acids is 1.